The lowest BCUT2D eigenvalue weighted by molar-refractivity contribution is 0.0722. The van der Waals surface area contributed by atoms with Gasteiger partial charge in [0.2, 0.25) is 0 Å². The fraction of sp³-hybridized carbons (Fsp3) is 0.500. The van der Waals surface area contributed by atoms with Crippen LogP contribution in [-0.2, 0) is 0 Å². The third kappa shape index (κ3) is 4.13. The van der Waals surface area contributed by atoms with Crippen LogP contribution in [0.3, 0.4) is 0 Å². The van der Waals surface area contributed by atoms with Crippen LogP contribution < -0.4 is 10.5 Å². The number of nitrogen functional groups attached to an aromatic ring is 1. The number of hydrogen-bond acceptors (Lipinski definition) is 4. The fourth-order valence-corrected chi connectivity index (χ4v) is 1.86. The van der Waals surface area contributed by atoms with E-state index in [1.165, 1.54) is 0 Å². The van der Waals surface area contributed by atoms with Crippen LogP contribution in [0, 0.1) is 0 Å². The first-order valence-electron chi connectivity index (χ1n) is 6.56. The molecule has 0 radical (unpaired) electrons. The van der Waals surface area contributed by atoms with Gasteiger partial charge >= 0.3 is 0 Å². The summed E-state index contributed by atoms with van der Waals surface area (Å²) in [7, 11) is 0. The van der Waals surface area contributed by atoms with E-state index in [0.717, 1.165) is 6.42 Å². The number of benzene rings is 1. The summed E-state index contributed by atoms with van der Waals surface area (Å²) in [5.74, 6) is 0.467. The zero-order valence-corrected chi connectivity index (χ0v) is 11.6. The zero-order valence-electron chi connectivity index (χ0n) is 11.6. The first-order chi connectivity index (χ1) is 9.13. The molecule has 0 aliphatic carbocycles. The Morgan fingerprint density at radius 3 is 2.63 bits per heavy atom. The number of aliphatic hydroxyl groups excluding tert-OH is 1. The van der Waals surface area contributed by atoms with E-state index in [2.05, 4.69) is 0 Å². The van der Waals surface area contributed by atoms with Gasteiger partial charge in [-0.1, -0.05) is 6.92 Å². The smallest absolute Gasteiger partial charge is 0.254 e. The van der Waals surface area contributed by atoms with Crippen molar-refractivity contribution < 1.29 is 14.6 Å². The highest BCUT2D eigenvalue weighted by atomic mass is 16.5. The molecule has 1 aromatic carbocycles. The van der Waals surface area contributed by atoms with E-state index in [4.69, 9.17) is 15.6 Å². The lowest BCUT2D eigenvalue weighted by atomic mass is 10.1. The standard InChI is InChI=1S/C14H22N2O3/c1-3-7-16(8-9-17)14(18)11-5-6-13(19-4-2)12(15)10-11/h5-6,10,17H,3-4,7-9,15H2,1-2H3. The second-order valence-electron chi connectivity index (χ2n) is 4.20. The van der Waals surface area contributed by atoms with E-state index in [9.17, 15) is 4.79 Å². The van der Waals surface area contributed by atoms with Gasteiger partial charge in [-0.2, -0.15) is 0 Å². The maximum Gasteiger partial charge on any atom is 0.254 e. The van der Waals surface area contributed by atoms with Crippen LogP contribution in [0.5, 0.6) is 5.75 Å². The Balaban J connectivity index is 2.88. The summed E-state index contributed by atoms with van der Waals surface area (Å²) in [5.41, 5.74) is 6.82. The van der Waals surface area contributed by atoms with E-state index in [1.807, 2.05) is 13.8 Å². The lowest BCUT2D eigenvalue weighted by Gasteiger charge is -2.21. The summed E-state index contributed by atoms with van der Waals surface area (Å²) in [6.07, 6.45) is 0.845. The minimum absolute atomic E-state index is 0.0434. The number of carbonyl (C=O) groups is 1. The summed E-state index contributed by atoms with van der Waals surface area (Å²) in [5, 5.41) is 8.99. The van der Waals surface area contributed by atoms with E-state index < -0.39 is 0 Å². The number of hydrogen-bond donors (Lipinski definition) is 2. The summed E-state index contributed by atoms with van der Waals surface area (Å²) in [4.78, 5) is 13.9. The van der Waals surface area contributed by atoms with E-state index in [0.29, 0.717) is 36.7 Å². The van der Waals surface area contributed by atoms with Crippen molar-refractivity contribution in [3.63, 3.8) is 0 Å². The molecule has 0 aromatic heterocycles. The van der Waals surface area contributed by atoms with Crippen molar-refractivity contribution in [1.29, 1.82) is 0 Å². The number of ether oxygens (including phenoxy) is 1. The summed E-state index contributed by atoms with van der Waals surface area (Å²) in [6, 6.07) is 5.02. The predicted octanol–water partition coefficient (Wildman–Crippen LogP) is 1.51. The van der Waals surface area contributed by atoms with Crippen molar-refractivity contribution in [2.24, 2.45) is 0 Å². The molecule has 0 unspecified atom stereocenters. The second kappa shape index (κ2) is 7.63. The van der Waals surface area contributed by atoms with Gasteiger partial charge < -0.3 is 20.5 Å². The molecule has 0 fully saturated rings. The minimum Gasteiger partial charge on any atom is -0.492 e. The summed E-state index contributed by atoms with van der Waals surface area (Å²) < 4.78 is 5.34. The largest absolute Gasteiger partial charge is 0.492 e. The third-order valence-electron chi connectivity index (χ3n) is 2.71. The van der Waals surface area contributed by atoms with E-state index >= 15 is 0 Å². The van der Waals surface area contributed by atoms with Gasteiger partial charge in [0.25, 0.3) is 5.91 Å². The Bertz CT molecular complexity index is 415. The minimum atomic E-state index is -0.120. The molecule has 3 N–H and O–H groups in total. The third-order valence-corrected chi connectivity index (χ3v) is 2.71. The second-order valence-corrected chi connectivity index (χ2v) is 4.20. The van der Waals surface area contributed by atoms with Crippen LogP contribution in [0.4, 0.5) is 5.69 Å². The predicted molar refractivity (Wildman–Crippen MR) is 75.3 cm³/mol. The molecule has 1 amide bonds. The van der Waals surface area contributed by atoms with Crippen LogP contribution >= 0.6 is 0 Å². The first-order valence-corrected chi connectivity index (χ1v) is 6.56. The highest BCUT2D eigenvalue weighted by Gasteiger charge is 2.15. The molecule has 0 bridgehead atoms. The van der Waals surface area contributed by atoms with Crippen LogP contribution in [0.25, 0.3) is 0 Å². The molecule has 0 saturated carbocycles. The van der Waals surface area contributed by atoms with Gasteiger partial charge in [0.15, 0.2) is 0 Å². The maximum atomic E-state index is 12.3. The molecule has 0 aliphatic heterocycles. The maximum absolute atomic E-state index is 12.3. The molecule has 5 heteroatoms. The van der Waals surface area contributed by atoms with Crippen molar-refractivity contribution >= 4 is 11.6 Å². The molecule has 5 nitrogen and oxygen atoms in total. The van der Waals surface area contributed by atoms with Gasteiger partial charge in [-0.3, -0.25) is 4.79 Å². The SMILES string of the molecule is CCCN(CCO)C(=O)c1ccc(OCC)c(N)c1. The summed E-state index contributed by atoms with van der Waals surface area (Å²) >= 11 is 0. The van der Waals surface area contributed by atoms with Gasteiger partial charge in [-0.15, -0.1) is 0 Å². The molecular weight excluding hydrogens is 244 g/mol. The van der Waals surface area contributed by atoms with Crippen LogP contribution in [-0.4, -0.2) is 42.2 Å². The molecule has 0 spiro atoms. The van der Waals surface area contributed by atoms with Gasteiger partial charge in [0.05, 0.1) is 18.9 Å². The van der Waals surface area contributed by atoms with Crippen LogP contribution in [0.2, 0.25) is 0 Å². The molecule has 0 atom stereocenters. The van der Waals surface area contributed by atoms with Crippen LogP contribution in [0.15, 0.2) is 18.2 Å². The Labute approximate surface area is 114 Å². The monoisotopic (exact) mass is 266 g/mol. The molecule has 0 saturated heterocycles. The Hall–Kier alpha value is -1.75. The molecule has 1 rings (SSSR count). The lowest BCUT2D eigenvalue weighted by Crippen LogP contribution is -2.34. The summed E-state index contributed by atoms with van der Waals surface area (Å²) in [6.45, 7) is 5.31. The highest BCUT2D eigenvalue weighted by molar-refractivity contribution is 5.95. The Morgan fingerprint density at radius 2 is 2.11 bits per heavy atom. The number of amides is 1. The molecule has 106 valence electrons. The number of aliphatic hydroxyl groups is 1. The van der Waals surface area contributed by atoms with E-state index in [-0.39, 0.29) is 12.5 Å². The number of nitrogens with zero attached hydrogens (tertiary/aromatic N) is 1. The highest BCUT2D eigenvalue weighted by Crippen LogP contribution is 2.23. The van der Waals surface area contributed by atoms with Gasteiger partial charge in [0, 0.05) is 18.7 Å². The van der Waals surface area contributed by atoms with Crippen molar-refractivity contribution in [2.75, 3.05) is 32.0 Å². The molecule has 19 heavy (non-hydrogen) atoms. The number of nitrogens with two attached hydrogens (primary N) is 1. The average Bonchev–Trinajstić information content (AvgIpc) is 2.40. The Morgan fingerprint density at radius 1 is 1.37 bits per heavy atom. The van der Waals surface area contributed by atoms with Crippen molar-refractivity contribution in [1.82, 2.24) is 4.90 Å². The quantitative estimate of drug-likeness (QED) is 0.734. The first kappa shape index (κ1) is 15.3. The van der Waals surface area contributed by atoms with Gasteiger partial charge in [0.1, 0.15) is 5.75 Å². The zero-order chi connectivity index (χ0) is 14.3. The fourth-order valence-electron chi connectivity index (χ4n) is 1.86. The number of carbonyl (C=O) groups excluding carboxylic acids is 1. The Kier molecular flexibility index (Phi) is 6.15. The van der Waals surface area contributed by atoms with Gasteiger partial charge in [-0.25, -0.2) is 0 Å². The van der Waals surface area contributed by atoms with Crippen molar-refractivity contribution in [2.45, 2.75) is 20.3 Å². The molecule has 0 heterocycles. The van der Waals surface area contributed by atoms with E-state index in [1.54, 1.807) is 23.1 Å². The van der Waals surface area contributed by atoms with Crippen molar-refractivity contribution in [3.05, 3.63) is 23.8 Å². The van der Waals surface area contributed by atoms with Crippen molar-refractivity contribution in [3.8, 4) is 5.75 Å². The number of rotatable bonds is 7. The topological polar surface area (TPSA) is 75.8 Å². The van der Waals surface area contributed by atoms with Gasteiger partial charge in [-0.05, 0) is 31.5 Å². The van der Waals surface area contributed by atoms with Crippen LogP contribution in [0.1, 0.15) is 30.6 Å². The normalized spacial score (nSPS) is 10.3. The molecule has 0 aliphatic rings. The number of anilines is 1. The average molecular weight is 266 g/mol. The molecular formula is C14H22N2O3. The molecule has 1 aromatic rings.